The molecular formula is C6H11ClO2. The number of carbonyl (C=O) groups is 1. The minimum atomic E-state index is -0.514. The highest BCUT2D eigenvalue weighted by Gasteiger charge is 2.09. The van der Waals surface area contributed by atoms with Gasteiger partial charge >= 0.3 is 5.97 Å². The van der Waals surface area contributed by atoms with Crippen LogP contribution in [0.2, 0.25) is 0 Å². The van der Waals surface area contributed by atoms with Gasteiger partial charge < -0.3 is 4.74 Å². The fourth-order valence-corrected chi connectivity index (χ4v) is 0.384. The molecule has 0 bridgehead atoms. The molecule has 0 aromatic heterocycles. The van der Waals surface area contributed by atoms with Crippen LogP contribution in [0, 0.1) is 5.92 Å². The second-order valence-electron chi connectivity index (χ2n) is 2.13. The van der Waals surface area contributed by atoms with E-state index in [0.29, 0.717) is 0 Å². The normalized spacial score (nSPS) is 13.4. The number of hydrogen-bond acceptors (Lipinski definition) is 2. The van der Waals surface area contributed by atoms with Gasteiger partial charge in [-0.15, -0.1) is 0 Å². The second kappa shape index (κ2) is 3.72. The summed E-state index contributed by atoms with van der Waals surface area (Å²) in [6.45, 7) is 5.14. The van der Waals surface area contributed by atoms with Crippen molar-refractivity contribution >= 4 is 17.6 Å². The molecule has 3 heteroatoms. The van der Waals surface area contributed by atoms with Crippen LogP contribution in [0.3, 0.4) is 0 Å². The first kappa shape index (κ1) is 8.76. The monoisotopic (exact) mass is 150 g/mol. The van der Waals surface area contributed by atoms with E-state index in [2.05, 4.69) is 4.74 Å². The summed E-state index contributed by atoms with van der Waals surface area (Å²) in [6.07, 6.45) is 0. The molecule has 0 radical (unpaired) electrons. The van der Waals surface area contributed by atoms with Gasteiger partial charge in [0.25, 0.3) is 0 Å². The maximum absolute atomic E-state index is 10.6. The van der Waals surface area contributed by atoms with E-state index in [1.165, 1.54) is 0 Å². The largest absolute Gasteiger partial charge is 0.446 e. The first-order valence-corrected chi connectivity index (χ1v) is 3.32. The molecule has 0 aliphatic heterocycles. The Morgan fingerprint density at radius 3 is 2.00 bits per heavy atom. The van der Waals surface area contributed by atoms with Crippen LogP contribution in [-0.2, 0) is 9.53 Å². The predicted molar refractivity (Wildman–Crippen MR) is 36.2 cm³/mol. The Kier molecular flexibility index (Phi) is 3.62. The van der Waals surface area contributed by atoms with Crippen LogP contribution in [0.25, 0.3) is 0 Å². The highest BCUT2D eigenvalue weighted by Crippen LogP contribution is 2.02. The summed E-state index contributed by atoms with van der Waals surface area (Å²) in [5.41, 5.74) is -0.514. The first-order chi connectivity index (χ1) is 4.04. The van der Waals surface area contributed by atoms with Gasteiger partial charge in [-0.2, -0.15) is 0 Å². The number of rotatable bonds is 2. The van der Waals surface area contributed by atoms with Crippen molar-refractivity contribution in [3.8, 4) is 0 Å². The quantitative estimate of drug-likeness (QED) is 0.443. The highest BCUT2D eigenvalue weighted by atomic mass is 35.5. The fourth-order valence-electron chi connectivity index (χ4n) is 0.296. The lowest BCUT2D eigenvalue weighted by Gasteiger charge is -2.07. The van der Waals surface area contributed by atoms with Crippen LogP contribution < -0.4 is 0 Å². The maximum atomic E-state index is 10.6. The number of ether oxygens (including phenoxy) is 1. The molecule has 0 aliphatic rings. The summed E-state index contributed by atoms with van der Waals surface area (Å²) in [6, 6.07) is 0. The third kappa shape index (κ3) is 4.28. The first-order valence-electron chi connectivity index (χ1n) is 2.88. The van der Waals surface area contributed by atoms with Crippen molar-refractivity contribution in [2.24, 2.45) is 5.92 Å². The zero-order valence-electron chi connectivity index (χ0n) is 5.85. The number of carbonyl (C=O) groups excluding carboxylic acids is 1. The lowest BCUT2D eigenvalue weighted by atomic mass is 10.2. The Morgan fingerprint density at radius 2 is 1.89 bits per heavy atom. The Labute approximate surface area is 60.1 Å². The van der Waals surface area contributed by atoms with Gasteiger partial charge in [-0.3, -0.25) is 4.79 Å². The zero-order chi connectivity index (χ0) is 7.44. The van der Waals surface area contributed by atoms with Crippen LogP contribution in [0.15, 0.2) is 0 Å². The molecule has 2 nitrogen and oxygen atoms in total. The molecule has 54 valence electrons. The standard InChI is InChI=1S/C6H11ClO2/c1-4(2)6(8)9-5(3)7/h4-5H,1-3H3/t5-/m1/s1. The van der Waals surface area contributed by atoms with Crippen molar-refractivity contribution in [3.63, 3.8) is 0 Å². The summed E-state index contributed by atoms with van der Waals surface area (Å²) < 4.78 is 4.64. The lowest BCUT2D eigenvalue weighted by molar-refractivity contribution is -0.148. The van der Waals surface area contributed by atoms with Gasteiger partial charge in [0.2, 0.25) is 0 Å². The molecule has 0 fully saturated rings. The van der Waals surface area contributed by atoms with E-state index in [4.69, 9.17) is 11.6 Å². The molecule has 0 N–H and O–H groups in total. The Hall–Kier alpha value is -0.240. The molecule has 0 saturated heterocycles. The van der Waals surface area contributed by atoms with Crippen LogP contribution in [0.5, 0.6) is 0 Å². The Morgan fingerprint density at radius 1 is 1.44 bits per heavy atom. The van der Waals surface area contributed by atoms with Crippen molar-refractivity contribution in [2.45, 2.75) is 26.3 Å². The molecular weight excluding hydrogens is 140 g/mol. The zero-order valence-corrected chi connectivity index (χ0v) is 6.61. The second-order valence-corrected chi connectivity index (χ2v) is 2.75. The topological polar surface area (TPSA) is 26.3 Å². The van der Waals surface area contributed by atoms with E-state index in [1.54, 1.807) is 20.8 Å². The van der Waals surface area contributed by atoms with Gasteiger partial charge in [0.15, 0.2) is 5.56 Å². The van der Waals surface area contributed by atoms with E-state index in [-0.39, 0.29) is 11.9 Å². The van der Waals surface area contributed by atoms with E-state index in [9.17, 15) is 4.79 Å². The number of alkyl halides is 1. The summed E-state index contributed by atoms with van der Waals surface area (Å²) >= 11 is 5.37. The van der Waals surface area contributed by atoms with Crippen molar-refractivity contribution in [2.75, 3.05) is 0 Å². The van der Waals surface area contributed by atoms with Gasteiger partial charge in [0.1, 0.15) is 0 Å². The molecule has 0 saturated carbocycles. The predicted octanol–water partition coefficient (Wildman–Crippen LogP) is 1.77. The molecule has 0 rings (SSSR count). The van der Waals surface area contributed by atoms with Crippen LogP contribution in [-0.4, -0.2) is 11.5 Å². The molecule has 1 atom stereocenters. The van der Waals surface area contributed by atoms with Crippen LogP contribution in [0.4, 0.5) is 0 Å². The molecule has 0 aromatic carbocycles. The fraction of sp³-hybridized carbons (Fsp3) is 0.833. The molecule has 0 unspecified atom stereocenters. The Balaban J connectivity index is 3.51. The van der Waals surface area contributed by atoms with E-state index in [0.717, 1.165) is 0 Å². The average Bonchev–Trinajstić information content (AvgIpc) is 1.63. The molecule has 0 spiro atoms. The Bertz CT molecular complexity index is 99.2. The third-order valence-electron chi connectivity index (χ3n) is 0.750. The van der Waals surface area contributed by atoms with Gasteiger partial charge in [-0.1, -0.05) is 25.4 Å². The summed E-state index contributed by atoms with van der Waals surface area (Å²) in [7, 11) is 0. The smallest absolute Gasteiger partial charge is 0.309 e. The minimum absolute atomic E-state index is 0.0915. The third-order valence-corrected chi connectivity index (χ3v) is 0.839. The van der Waals surface area contributed by atoms with E-state index < -0.39 is 5.56 Å². The summed E-state index contributed by atoms with van der Waals surface area (Å²) in [5.74, 6) is -0.344. The van der Waals surface area contributed by atoms with Crippen LogP contribution >= 0.6 is 11.6 Å². The maximum Gasteiger partial charge on any atom is 0.309 e. The molecule has 0 amide bonds. The summed E-state index contributed by atoms with van der Waals surface area (Å²) in [5, 5.41) is 0. The number of halogens is 1. The lowest BCUT2D eigenvalue weighted by Crippen LogP contribution is -2.14. The van der Waals surface area contributed by atoms with E-state index >= 15 is 0 Å². The van der Waals surface area contributed by atoms with Crippen molar-refractivity contribution in [1.29, 1.82) is 0 Å². The summed E-state index contributed by atoms with van der Waals surface area (Å²) in [4.78, 5) is 10.6. The highest BCUT2D eigenvalue weighted by molar-refractivity contribution is 6.19. The van der Waals surface area contributed by atoms with Gasteiger partial charge in [0.05, 0.1) is 5.92 Å². The van der Waals surface area contributed by atoms with Crippen LogP contribution in [0.1, 0.15) is 20.8 Å². The average molecular weight is 151 g/mol. The number of hydrogen-bond donors (Lipinski definition) is 0. The SMILES string of the molecule is CC(C)C(=O)O[C@H](C)Cl. The van der Waals surface area contributed by atoms with Crippen molar-refractivity contribution in [1.82, 2.24) is 0 Å². The number of esters is 1. The molecule has 0 aromatic rings. The van der Waals surface area contributed by atoms with Crippen molar-refractivity contribution < 1.29 is 9.53 Å². The van der Waals surface area contributed by atoms with Crippen molar-refractivity contribution in [3.05, 3.63) is 0 Å². The van der Waals surface area contributed by atoms with Gasteiger partial charge in [-0.05, 0) is 6.92 Å². The van der Waals surface area contributed by atoms with Gasteiger partial charge in [0, 0.05) is 0 Å². The molecule has 0 aliphatic carbocycles. The van der Waals surface area contributed by atoms with Gasteiger partial charge in [-0.25, -0.2) is 0 Å². The minimum Gasteiger partial charge on any atom is -0.446 e. The molecule has 0 heterocycles. The molecule has 9 heavy (non-hydrogen) atoms. The van der Waals surface area contributed by atoms with E-state index in [1.807, 2.05) is 0 Å².